The average Bonchev–Trinajstić information content (AvgIpc) is 3.27. The van der Waals surface area contributed by atoms with Crippen LogP contribution in [0.5, 0.6) is 0 Å². The fraction of sp³-hybridized carbons (Fsp3) is 0.200. The Labute approximate surface area is 133 Å². The highest BCUT2D eigenvalue weighted by Gasteiger charge is 2.28. The zero-order chi connectivity index (χ0) is 15.3. The number of aromatic carboxylic acids is 1. The Bertz CT molecular complexity index is 902. The second-order valence-electron chi connectivity index (χ2n) is 5.29. The summed E-state index contributed by atoms with van der Waals surface area (Å²) in [6, 6.07) is 7.51. The van der Waals surface area contributed by atoms with Crippen LogP contribution < -0.4 is 0 Å². The molecule has 1 aliphatic rings. The Balaban J connectivity index is 1.99. The third kappa shape index (κ3) is 2.18. The van der Waals surface area contributed by atoms with Gasteiger partial charge in [-0.2, -0.15) is 5.10 Å². The largest absolute Gasteiger partial charge is 0.476 e. The number of carboxylic acids is 1. The highest BCUT2D eigenvalue weighted by Crippen LogP contribution is 2.38. The van der Waals surface area contributed by atoms with Crippen molar-refractivity contribution < 1.29 is 9.90 Å². The summed E-state index contributed by atoms with van der Waals surface area (Å²) >= 11 is 3.42. The van der Waals surface area contributed by atoms with E-state index in [1.807, 2.05) is 24.3 Å². The molecule has 1 N–H and O–H groups in total. The van der Waals surface area contributed by atoms with Gasteiger partial charge in [-0.3, -0.25) is 0 Å². The lowest BCUT2D eigenvalue weighted by atomic mass is 10.3. The van der Waals surface area contributed by atoms with Gasteiger partial charge in [-0.1, -0.05) is 22.0 Å². The van der Waals surface area contributed by atoms with E-state index in [1.165, 1.54) is 0 Å². The minimum Gasteiger partial charge on any atom is -0.476 e. The van der Waals surface area contributed by atoms with E-state index in [-0.39, 0.29) is 5.69 Å². The second-order valence-corrected chi connectivity index (χ2v) is 6.20. The number of rotatable bonds is 3. The minimum absolute atomic E-state index is 0.0303. The number of carbonyl (C=O) groups is 1. The van der Waals surface area contributed by atoms with Crippen molar-refractivity contribution in [1.82, 2.24) is 19.7 Å². The lowest BCUT2D eigenvalue weighted by Crippen LogP contribution is -2.01. The maximum Gasteiger partial charge on any atom is 0.357 e. The fourth-order valence-electron chi connectivity index (χ4n) is 2.40. The van der Waals surface area contributed by atoms with Crippen molar-refractivity contribution in [2.45, 2.75) is 18.8 Å². The molecular weight excluding hydrogens is 348 g/mol. The van der Waals surface area contributed by atoms with E-state index in [0.29, 0.717) is 17.0 Å². The SMILES string of the molecule is O=C(O)c1nn(-c2cccc(Br)c2)c2nc(C3CC3)ncc12. The van der Waals surface area contributed by atoms with Crippen LogP contribution in [0, 0.1) is 0 Å². The molecule has 0 aliphatic heterocycles. The van der Waals surface area contributed by atoms with Gasteiger partial charge in [-0.15, -0.1) is 0 Å². The third-order valence-corrected chi connectivity index (χ3v) is 4.13. The van der Waals surface area contributed by atoms with E-state index in [2.05, 4.69) is 31.0 Å². The van der Waals surface area contributed by atoms with Crippen LogP contribution in [-0.4, -0.2) is 30.8 Å². The van der Waals surface area contributed by atoms with Crippen LogP contribution in [0.25, 0.3) is 16.7 Å². The number of fused-ring (bicyclic) bond motifs is 1. The summed E-state index contributed by atoms with van der Waals surface area (Å²) in [5, 5.41) is 14.0. The first-order valence-corrected chi connectivity index (χ1v) is 7.67. The number of nitrogens with zero attached hydrogens (tertiary/aromatic N) is 4. The van der Waals surface area contributed by atoms with E-state index in [9.17, 15) is 9.90 Å². The van der Waals surface area contributed by atoms with Gasteiger partial charge in [0.1, 0.15) is 5.82 Å². The van der Waals surface area contributed by atoms with Crippen LogP contribution in [0.15, 0.2) is 34.9 Å². The summed E-state index contributed by atoms with van der Waals surface area (Å²) in [4.78, 5) is 20.3. The minimum atomic E-state index is -1.08. The van der Waals surface area contributed by atoms with Crippen molar-refractivity contribution >= 4 is 32.9 Å². The highest BCUT2D eigenvalue weighted by atomic mass is 79.9. The molecular formula is C15H11BrN4O2. The van der Waals surface area contributed by atoms with E-state index in [4.69, 9.17) is 0 Å². The van der Waals surface area contributed by atoms with Crippen molar-refractivity contribution in [2.75, 3.05) is 0 Å². The maximum absolute atomic E-state index is 11.4. The Morgan fingerprint density at radius 3 is 2.86 bits per heavy atom. The van der Waals surface area contributed by atoms with E-state index < -0.39 is 5.97 Å². The molecule has 22 heavy (non-hydrogen) atoms. The summed E-state index contributed by atoms with van der Waals surface area (Å²) in [5.74, 6) is 0.0747. The first-order valence-electron chi connectivity index (χ1n) is 6.88. The molecule has 0 atom stereocenters. The second kappa shape index (κ2) is 4.88. The fourth-order valence-corrected chi connectivity index (χ4v) is 2.79. The monoisotopic (exact) mass is 358 g/mol. The molecule has 1 fully saturated rings. The molecule has 0 saturated heterocycles. The molecule has 0 amide bonds. The summed E-state index contributed by atoms with van der Waals surface area (Å²) in [5.41, 5.74) is 1.26. The number of hydrogen-bond acceptors (Lipinski definition) is 4. The van der Waals surface area contributed by atoms with Gasteiger partial charge in [0.2, 0.25) is 0 Å². The van der Waals surface area contributed by atoms with Crippen molar-refractivity contribution in [3.63, 3.8) is 0 Å². The Morgan fingerprint density at radius 1 is 1.36 bits per heavy atom. The van der Waals surface area contributed by atoms with Crippen molar-refractivity contribution in [2.24, 2.45) is 0 Å². The maximum atomic E-state index is 11.4. The normalized spacial score (nSPS) is 14.4. The van der Waals surface area contributed by atoms with Gasteiger partial charge in [-0.05, 0) is 31.0 Å². The molecule has 2 aromatic heterocycles. The summed E-state index contributed by atoms with van der Waals surface area (Å²) < 4.78 is 2.46. The molecule has 0 unspecified atom stereocenters. The molecule has 110 valence electrons. The summed E-state index contributed by atoms with van der Waals surface area (Å²) in [7, 11) is 0. The molecule has 1 aromatic carbocycles. The van der Waals surface area contributed by atoms with Crippen LogP contribution >= 0.6 is 15.9 Å². The Morgan fingerprint density at radius 2 is 2.18 bits per heavy atom. The van der Waals surface area contributed by atoms with E-state index in [1.54, 1.807) is 10.9 Å². The molecule has 0 spiro atoms. The van der Waals surface area contributed by atoms with Crippen LogP contribution in [-0.2, 0) is 0 Å². The van der Waals surface area contributed by atoms with Gasteiger partial charge in [-0.25, -0.2) is 19.4 Å². The number of benzene rings is 1. The van der Waals surface area contributed by atoms with Crippen molar-refractivity contribution in [1.29, 1.82) is 0 Å². The van der Waals surface area contributed by atoms with Gasteiger partial charge < -0.3 is 5.11 Å². The third-order valence-electron chi connectivity index (χ3n) is 3.64. The van der Waals surface area contributed by atoms with Crippen LogP contribution in [0.1, 0.15) is 35.1 Å². The molecule has 0 radical (unpaired) electrons. The lowest BCUT2D eigenvalue weighted by molar-refractivity contribution is 0.0692. The predicted octanol–water partition coefficient (Wildman–Crippen LogP) is 3.15. The highest BCUT2D eigenvalue weighted by molar-refractivity contribution is 9.10. The number of halogens is 1. The molecule has 4 rings (SSSR count). The van der Waals surface area contributed by atoms with E-state index >= 15 is 0 Å². The predicted molar refractivity (Wildman–Crippen MR) is 83.3 cm³/mol. The number of hydrogen-bond donors (Lipinski definition) is 1. The van der Waals surface area contributed by atoms with Crippen LogP contribution in [0.2, 0.25) is 0 Å². The standard InChI is InChI=1S/C15H11BrN4O2/c16-9-2-1-3-10(6-9)20-14-11(12(19-20)15(21)22)7-17-13(18-14)8-4-5-8/h1-3,6-8H,4-5H2,(H,21,22). The molecule has 1 aliphatic carbocycles. The number of aromatic nitrogens is 4. The zero-order valence-corrected chi connectivity index (χ0v) is 13.0. The van der Waals surface area contributed by atoms with E-state index in [0.717, 1.165) is 28.8 Å². The van der Waals surface area contributed by atoms with Crippen molar-refractivity contribution in [3.8, 4) is 5.69 Å². The molecule has 1 saturated carbocycles. The topological polar surface area (TPSA) is 80.9 Å². The average molecular weight is 359 g/mol. The van der Waals surface area contributed by atoms with Gasteiger partial charge in [0.05, 0.1) is 11.1 Å². The van der Waals surface area contributed by atoms with Crippen LogP contribution in [0.3, 0.4) is 0 Å². The summed E-state index contributed by atoms with van der Waals surface area (Å²) in [6.45, 7) is 0. The van der Waals surface area contributed by atoms with Gasteiger partial charge in [0.25, 0.3) is 0 Å². The molecule has 7 heteroatoms. The Hall–Kier alpha value is -2.28. The van der Waals surface area contributed by atoms with Gasteiger partial charge >= 0.3 is 5.97 Å². The molecule has 0 bridgehead atoms. The van der Waals surface area contributed by atoms with Gasteiger partial charge in [0, 0.05) is 16.6 Å². The molecule has 6 nitrogen and oxygen atoms in total. The molecule has 3 aromatic rings. The smallest absolute Gasteiger partial charge is 0.357 e. The number of carboxylic acid groups (broad SMARTS) is 1. The first-order chi connectivity index (χ1) is 10.6. The quantitative estimate of drug-likeness (QED) is 0.777. The van der Waals surface area contributed by atoms with Crippen LogP contribution in [0.4, 0.5) is 0 Å². The molecule has 2 heterocycles. The van der Waals surface area contributed by atoms with Gasteiger partial charge in [0.15, 0.2) is 11.3 Å². The Kier molecular flexibility index (Phi) is 2.97. The lowest BCUT2D eigenvalue weighted by Gasteiger charge is -2.04. The summed E-state index contributed by atoms with van der Waals surface area (Å²) in [6.07, 6.45) is 3.74. The zero-order valence-electron chi connectivity index (χ0n) is 11.4. The van der Waals surface area contributed by atoms with Crippen molar-refractivity contribution in [3.05, 3.63) is 46.5 Å². The first kappa shape index (κ1) is 13.4.